The Morgan fingerprint density at radius 1 is 1.21 bits per heavy atom. The summed E-state index contributed by atoms with van der Waals surface area (Å²) < 4.78 is 17.6. The van der Waals surface area contributed by atoms with Crippen LogP contribution in [-0.2, 0) is 16.1 Å². The standard InChI is InChI=1S/C21H21ClN2O5/c1-13-9-17(14(2)24(13)11-16-5-4-8-28-16)21(26)29-12-20(25)23-15-6-7-19(27-3)18(22)10-15/h4-10H,11-12H2,1-3H3,(H,23,25). The van der Waals surface area contributed by atoms with Crippen LogP contribution in [0.3, 0.4) is 0 Å². The number of nitrogens with one attached hydrogen (secondary N) is 1. The van der Waals surface area contributed by atoms with Crippen molar-refractivity contribution in [3.63, 3.8) is 0 Å². The summed E-state index contributed by atoms with van der Waals surface area (Å²) in [6, 6.07) is 10.3. The third-order valence-corrected chi connectivity index (χ3v) is 4.75. The van der Waals surface area contributed by atoms with Gasteiger partial charge in [-0.05, 0) is 50.2 Å². The van der Waals surface area contributed by atoms with Gasteiger partial charge in [-0.3, -0.25) is 4.79 Å². The number of rotatable bonds is 7. The molecule has 0 spiro atoms. The zero-order chi connectivity index (χ0) is 21.0. The van der Waals surface area contributed by atoms with Crippen molar-refractivity contribution in [3.05, 3.63) is 70.4 Å². The SMILES string of the molecule is COc1ccc(NC(=O)COC(=O)c2cc(C)n(Cc3ccco3)c2C)cc1Cl. The molecule has 7 nitrogen and oxygen atoms in total. The fraction of sp³-hybridized carbons (Fsp3) is 0.238. The number of furan rings is 1. The van der Waals surface area contributed by atoms with E-state index in [0.29, 0.717) is 28.6 Å². The van der Waals surface area contributed by atoms with Crippen molar-refractivity contribution in [1.82, 2.24) is 4.57 Å². The average Bonchev–Trinajstić information content (AvgIpc) is 3.30. The van der Waals surface area contributed by atoms with Gasteiger partial charge in [0.15, 0.2) is 6.61 Å². The first-order valence-electron chi connectivity index (χ1n) is 8.88. The van der Waals surface area contributed by atoms with Crippen LogP contribution in [0, 0.1) is 13.8 Å². The number of hydrogen-bond donors (Lipinski definition) is 1. The van der Waals surface area contributed by atoms with Crippen LogP contribution in [0.1, 0.15) is 27.5 Å². The van der Waals surface area contributed by atoms with E-state index >= 15 is 0 Å². The molecule has 3 aromatic rings. The van der Waals surface area contributed by atoms with Gasteiger partial charge in [0.25, 0.3) is 5.91 Å². The lowest BCUT2D eigenvalue weighted by molar-refractivity contribution is -0.119. The molecule has 0 unspecified atom stereocenters. The molecule has 0 bridgehead atoms. The van der Waals surface area contributed by atoms with E-state index in [9.17, 15) is 9.59 Å². The monoisotopic (exact) mass is 416 g/mol. The van der Waals surface area contributed by atoms with Crippen molar-refractivity contribution in [2.45, 2.75) is 20.4 Å². The minimum Gasteiger partial charge on any atom is -0.495 e. The molecule has 0 saturated carbocycles. The number of esters is 1. The molecule has 0 fully saturated rings. The summed E-state index contributed by atoms with van der Waals surface area (Å²) >= 11 is 6.04. The van der Waals surface area contributed by atoms with Gasteiger partial charge in [0.1, 0.15) is 11.5 Å². The van der Waals surface area contributed by atoms with E-state index in [1.54, 1.807) is 30.5 Å². The molecule has 152 valence electrons. The Morgan fingerprint density at radius 3 is 2.66 bits per heavy atom. The van der Waals surface area contributed by atoms with E-state index in [1.807, 2.05) is 30.5 Å². The van der Waals surface area contributed by atoms with Gasteiger partial charge in [0, 0.05) is 17.1 Å². The van der Waals surface area contributed by atoms with Crippen LogP contribution in [0.15, 0.2) is 47.1 Å². The van der Waals surface area contributed by atoms with Gasteiger partial charge in [-0.1, -0.05) is 11.6 Å². The van der Waals surface area contributed by atoms with E-state index in [0.717, 1.165) is 17.1 Å². The van der Waals surface area contributed by atoms with Crippen molar-refractivity contribution >= 4 is 29.2 Å². The number of anilines is 1. The van der Waals surface area contributed by atoms with E-state index < -0.39 is 18.5 Å². The number of benzene rings is 1. The summed E-state index contributed by atoms with van der Waals surface area (Å²) in [5, 5.41) is 2.99. The minimum absolute atomic E-state index is 0.367. The Hall–Kier alpha value is -3.19. The molecule has 0 aliphatic heterocycles. The second-order valence-electron chi connectivity index (χ2n) is 6.42. The molecule has 0 aliphatic rings. The van der Waals surface area contributed by atoms with Crippen molar-refractivity contribution in [2.24, 2.45) is 0 Å². The number of aryl methyl sites for hydroxylation is 1. The molecule has 1 N–H and O–H groups in total. The largest absolute Gasteiger partial charge is 0.495 e. The normalized spacial score (nSPS) is 10.6. The number of nitrogens with zero attached hydrogens (tertiary/aromatic N) is 1. The van der Waals surface area contributed by atoms with Crippen LogP contribution in [0.2, 0.25) is 5.02 Å². The zero-order valence-electron chi connectivity index (χ0n) is 16.3. The predicted molar refractivity (Wildman–Crippen MR) is 109 cm³/mol. The van der Waals surface area contributed by atoms with Crippen LogP contribution in [0.5, 0.6) is 5.75 Å². The maximum atomic E-state index is 12.5. The molecular weight excluding hydrogens is 396 g/mol. The van der Waals surface area contributed by atoms with Crippen LogP contribution >= 0.6 is 11.6 Å². The van der Waals surface area contributed by atoms with Crippen LogP contribution in [0.4, 0.5) is 5.69 Å². The molecule has 0 saturated heterocycles. The third kappa shape index (κ3) is 4.81. The quantitative estimate of drug-likeness (QED) is 0.583. The van der Waals surface area contributed by atoms with Gasteiger partial charge in [0.05, 0.1) is 30.5 Å². The van der Waals surface area contributed by atoms with Gasteiger partial charge >= 0.3 is 5.97 Å². The van der Waals surface area contributed by atoms with Gasteiger partial charge in [-0.2, -0.15) is 0 Å². The highest BCUT2D eigenvalue weighted by molar-refractivity contribution is 6.32. The highest BCUT2D eigenvalue weighted by Crippen LogP contribution is 2.27. The lowest BCUT2D eigenvalue weighted by Crippen LogP contribution is -2.21. The summed E-state index contributed by atoms with van der Waals surface area (Å²) in [5.41, 5.74) is 2.53. The minimum atomic E-state index is -0.563. The van der Waals surface area contributed by atoms with E-state index in [2.05, 4.69) is 5.32 Å². The number of aromatic nitrogens is 1. The fourth-order valence-corrected chi connectivity index (χ4v) is 3.22. The van der Waals surface area contributed by atoms with Crippen molar-refractivity contribution in [1.29, 1.82) is 0 Å². The molecule has 2 heterocycles. The summed E-state index contributed by atoms with van der Waals surface area (Å²) in [6.07, 6.45) is 1.60. The van der Waals surface area contributed by atoms with Gasteiger partial charge in [-0.25, -0.2) is 4.79 Å². The van der Waals surface area contributed by atoms with Gasteiger partial charge in [0.2, 0.25) is 0 Å². The Kier molecular flexibility index (Phi) is 6.29. The second-order valence-corrected chi connectivity index (χ2v) is 6.83. The number of amides is 1. The van der Waals surface area contributed by atoms with E-state index in [1.165, 1.54) is 7.11 Å². The molecule has 0 atom stereocenters. The van der Waals surface area contributed by atoms with Crippen molar-refractivity contribution in [3.8, 4) is 5.75 Å². The zero-order valence-corrected chi connectivity index (χ0v) is 17.1. The topological polar surface area (TPSA) is 82.7 Å². The van der Waals surface area contributed by atoms with E-state index in [4.69, 9.17) is 25.5 Å². The Balaban J connectivity index is 1.60. The smallest absolute Gasteiger partial charge is 0.340 e. The summed E-state index contributed by atoms with van der Waals surface area (Å²) in [6.45, 7) is 3.82. The Labute approximate surface area is 173 Å². The molecule has 1 amide bonds. The van der Waals surface area contributed by atoms with Crippen molar-refractivity contribution in [2.75, 3.05) is 19.0 Å². The number of hydrogen-bond acceptors (Lipinski definition) is 5. The highest BCUT2D eigenvalue weighted by atomic mass is 35.5. The number of halogens is 1. The highest BCUT2D eigenvalue weighted by Gasteiger charge is 2.19. The Morgan fingerprint density at radius 2 is 2.00 bits per heavy atom. The van der Waals surface area contributed by atoms with Crippen LogP contribution < -0.4 is 10.1 Å². The first kappa shape index (κ1) is 20.5. The first-order valence-corrected chi connectivity index (χ1v) is 9.26. The number of carbonyl (C=O) groups is 2. The average molecular weight is 417 g/mol. The third-order valence-electron chi connectivity index (χ3n) is 4.46. The molecule has 2 aromatic heterocycles. The lowest BCUT2D eigenvalue weighted by Gasteiger charge is -2.09. The van der Waals surface area contributed by atoms with Crippen molar-refractivity contribution < 1.29 is 23.5 Å². The molecule has 1 aromatic carbocycles. The molecule has 0 aliphatic carbocycles. The molecule has 8 heteroatoms. The summed E-state index contributed by atoms with van der Waals surface area (Å²) in [4.78, 5) is 24.6. The molecule has 0 radical (unpaired) electrons. The number of ether oxygens (including phenoxy) is 2. The predicted octanol–water partition coefficient (Wildman–Crippen LogP) is 4.20. The van der Waals surface area contributed by atoms with Crippen LogP contribution in [-0.4, -0.2) is 30.2 Å². The molecule has 3 rings (SSSR count). The van der Waals surface area contributed by atoms with E-state index in [-0.39, 0.29) is 0 Å². The lowest BCUT2D eigenvalue weighted by atomic mass is 10.2. The molecule has 29 heavy (non-hydrogen) atoms. The number of methoxy groups -OCH3 is 1. The fourth-order valence-electron chi connectivity index (χ4n) is 2.96. The maximum Gasteiger partial charge on any atom is 0.340 e. The maximum absolute atomic E-state index is 12.5. The van der Waals surface area contributed by atoms with Gasteiger partial charge < -0.3 is 23.8 Å². The first-order chi connectivity index (χ1) is 13.9. The Bertz CT molecular complexity index is 1020. The second kappa shape index (κ2) is 8.87. The number of carbonyl (C=O) groups excluding carboxylic acids is 2. The summed E-state index contributed by atoms with van der Waals surface area (Å²) in [5.74, 6) is 0.251. The van der Waals surface area contributed by atoms with Crippen LogP contribution in [0.25, 0.3) is 0 Å². The van der Waals surface area contributed by atoms with Gasteiger partial charge in [-0.15, -0.1) is 0 Å². The summed E-state index contributed by atoms with van der Waals surface area (Å²) in [7, 11) is 1.50. The molecular formula is C21H21ClN2O5.